The Labute approximate surface area is 222 Å². The van der Waals surface area contributed by atoms with Crippen LogP contribution in [0.25, 0.3) is 22.0 Å². The first-order chi connectivity index (χ1) is 18.1. The van der Waals surface area contributed by atoms with Crippen LogP contribution in [0.1, 0.15) is 38.9 Å². The standard InChI is InChI=1S/C29H31N3O5S/c1-19(2)37-23-12-14-24(15-13-23)38(35,36)31-18-22(16-20(31)3)32-29-25(21-8-5-4-6-9-21)10-7-11-26(29)27(30-32)17-28(33)34/h4-15,19-20,22H,16-18H2,1-3H3,(H,33,34)/t20-,22+/m0/s1. The average Bonchev–Trinajstić information content (AvgIpc) is 3.45. The normalized spacial score (nSPS) is 18.3. The molecule has 2 atom stereocenters. The van der Waals surface area contributed by atoms with E-state index in [4.69, 9.17) is 9.84 Å². The van der Waals surface area contributed by atoms with E-state index < -0.39 is 16.0 Å². The van der Waals surface area contributed by atoms with Gasteiger partial charge in [-0.05, 0) is 57.0 Å². The third-order valence-electron chi connectivity index (χ3n) is 6.85. The number of ether oxygens (including phenoxy) is 1. The maximum atomic E-state index is 13.6. The fourth-order valence-electron chi connectivity index (χ4n) is 5.23. The number of carboxylic acid groups (broad SMARTS) is 1. The molecule has 5 rings (SSSR count). The maximum absolute atomic E-state index is 13.6. The molecular weight excluding hydrogens is 502 g/mol. The number of rotatable bonds is 8. The molecule has 0 bridgehead atoms. The largest absolute Gasteiger partial charge is 0.491 e. The lowest BCUT2D eigenvalue weighted by atomic mass is 10.0. The molecule has 8 nitrogen and oxygen atoms in total. The van der Waals surface area contributed by atoms with Gasteiger partial charge in [0.1, 0.15) is 5.75 Å². The van der Waals surface area contributed by atoms with Gasteiger partial charge in [0, 0.05) is 23.5 Å². The van der Waals surface area contributed by atoms with Crippen LogP contribution in [-0.4, -0.2) is 52.3 Å². The summed E-state index contributed by atoms with van der Waals surface area (Å²) in [5, 5.41) is 15.1. The Morgan fingerprint density at radius 3 is 2.42 bits per heavy atom. The molecule has 0 aliphatic carbocycles. The topological polar surface area (TPSA) is 102 Å². The smallest absolute Gasteiger partial charge is 0.309 e. The highest BCUT2D eigenvalue weighted by molar-refractivity contribution is 7.89. The number of carbonyl (C=O) groups is 1. The molecule has 1 aliphatic rings. The third-order valence-corrected chi connectivity index (χ3v) is 8.85. The van der Waals surface area contributed by atoms with Crippen LogP contribution in [0.15, 0.2) is 77.7 Å². The van der Waals surface area contributed by atoms with Gasteiger partial charge in [-0.3, -0.25) is 9.48 Å². The van der Waals surface area contributed by atoms with Crippen LogP contribution in [0.4, 0.5) is 0 Å². The summed E-state index contributed by atoms with van der Waals surface area (Å²) < 4.78 is 36.3. The summed E-state index contributed by atoms with van der Waals surface area (Å²) >= 11 is 0. The predicted molar refractivity (Wildman–Crippen MR) is 146 cm³/mol. The molecule has 0 unspecified atom stereocenters. The van der Waals surface area contributed by atoms with E-state index in [1.165, 1.54) is 4.31 Å². The van der Waals surface area contributed by atoms with Gasteiger partial charge >= 0.3 is 5.97 Å². The van der Waals surface area contributed by atoms with Gasteiger partial charge in [-0.2, -0.15) is 9.40 Å². The Morgan fingerprint density at radius 1 is 1.05 bits per heavy atom. The lowest BCUT2D eigenvalue weighted by molar-refractivity contribution is -0.136. The van der Waals surface area contributed by atoms with E-state index in [1.807, 2.05) is 74.0 Å². The van der Waals surface area contributed by atoms with Crippen molar-refractivity contribution in [1.82, 2.24) is 14.1 Å². The van der Waals surface area contributed by atoms with Crippen LogP contribution >= 0.6 is 0 Å². The van der Waals surface area contributed by atoms with Gasteiger partial charge < -0.3 is 9.84 Å². The van der Waals surface area contributed by atoms with Crippen molar-refractivity contribution < 1.29 is 23.1 Å². The molecule has 3 aromatic carbocycles. The van der Waals surface area contributed by atoms with Crippen molar-refractivity contribution >= 4 is 26.9 Å². The number of carboxylic acids is 1. The zero-order chi connectivity index (χ0) is 27.0. The van der Waals surface area contributed by atoms with Gasteiger partial charge in [0.15, 0.2) is 0 Å². The second-order valence-corrected chi connectivity index (χ2v) is 11.9. The van der Waals surface area contributed by atoms with E-state index in [1.54, 1.807) is 24.3 Å². The molecule has 0 spiro atoms. The number of nitrogens with zero attached hydrogens (tertiary/aromatic N) is 3. The Kier molecular flexibility index (Phi) is 6.98. The number of sulfonamides is 1. The fraction of sp³-hybridized carbons (Fsp3) is 0.310. The first-order valence-electron chi connectivity index (χ1n) is 12.7. The quantitative estimate of drug-likeness (QED) is 0.336. The van der Waals surface area contributed by atoms with Crippen LogP contribution < -0.4 is 4.74 Å². The molecule has 2 heterocycles. The van der Waals surface area contributed by atoms with E-state index in [0.717, 1.165) is 22.0 Å². The molecule has 38 heavy (non-hydrogen) atoms. The lowest BCUT2D eigenvalue weighted by Gasteiger charge is -2.21. The lowest BCUT2D eigenvalue weighted by Crippen LogP contribution is -2.34. The fourth-order valence-corrected chi connectivity index (χ4v) is 6.91. The molecule has 1 aliphatic heterocycles. The van der Waals surface area contributed by atoms with Gasteiger partial charge in [0.2, 0.25) is 10.0 Å². The molecular formula is C29H31N3O5S. The van der Waals surface area contributed by atoms with E-state index in [-0.39, 0.29) is 36.0 Å². The number of benzene rings is 3. The highest BCUT2D eigenvalue weighted by Crippen LogP contribution is 2.38. The Hall–Kier alpha value is -3.69. The van der Waals surface area contributed by atoms with Gasteiger partial charge in [-0.1, -0.05) is 48.5 Å². The minimum absolute atomic E-state index is 0.00694. The van der Waals surface area contributed by atoms with Gasteiger partial charge in [-0.25, -0.2) is 8.42 Å². The van der Waals surface area contributed by atoms with Gasteiger partial charge in [-0.15, -0.1) is 0 Å². The molecule has 198 valence electrons. The highest BCUT2D eigenvalue weighted by Gasteiger charge is 2.40. The van der Waals surface area contributed by atoms with Crippen molar-refractivity contribution in [3.63, 3.8) is 0 Å². The van der Waals surface area contributed by atoms with Crippen molar-refractivity contribution in [3.8, 4) is 16.9 Å². The Bertz CT molecular complexity index is 1560. The number of aliphatic carboxylic acids is 1. The number of para-hydroxylation sites is 1. The molecule has 0 amide bonds. The molecule has 0 radical (unpaired) electrons. The minimum atomic E-state index is -3.76. The first kappa shape index (κ1) is 25.9. The van der Waals surface area contributed by atoms with E-state index in [0.29, 0.717) is 17.9 Å². The molecule has 1 saturated heterocycles. The summed E-state index contributed by atoms with van der Waals surface area (Å²) in [7, 11) is -3.76. The second-order valence-electron chi connectivity index (χ2n) is 9.98. The van der Waals surface area contributed by atoms with Crippen LogP contribution in [-0.2, 0) is 21.2 Å². The summed E-state index contributed by atoms with van der Waals surface area (Å²) in [6.45, 7) is 5.97. The number of fused-ring (bicyclic) bond motifs is 1. The molecule has 1 fully saturated rings. The predicted octanol–water partition coefficient (Wildman–Crippen LogP) is 5.14. The summed E-state index contributed by atoms with van der Waals surface area (Å²) in [6, 6.07) is 21.6. The minimum Gasteiger partial charge on any atom is -0.491 e. The molecule has 0 saturated carbocycles. The van der Waals surface area contributed by atoms with Crippen molar-refractivity contribution in [2.24, 2.45) is 0 Å². The second kappa shape index (κ2) is 10.2. The monoisotopic (exact) mass is 533 g/mol. The van der Waals surface area contributed by atoms with Crippen LogP contribution in [0.5, 0.6) is 5.75 Å². The SMILES string of the molecule is CC(C)Oc1ccc(S(=O)(=O)N2C[C@H](n3nc(CC(=O)O)c4cccc(-c5ccccc5)c43)C[C@@H]2C)cc1. The van der Waals surface area contributed by atoms with Crippen molar-refractivity contribution in [3.05, 3.63) is 78.5 Å². The average molecular weight is 534 g/mol. The van der Waals surface area contributed by atoms with E-state index in [2.05, 4.69) is 0 Å². The van der Waals surface area contributed by atoms with Crippen molar-refractivity contribution in [2.45, 2.75) is 56.7 Å². The Morgan fingerprint density at radius 2 is 1.76 bits per heavy atom. The molecule has 9 heteroatoms. The van der Waals surface area contributed by atoms with Crippen molar-refractivity contribution in [1.29, 1.82) is 0 Å². The summed E-state index contributed by atoms with van der Waals surface area (Å²) in [5.74, 6) is -0.343. The van der Waals surface area contributed by atoms with Gasteiger partial charge in [0.25, 0.3) is 0 Å². The van der Waals surface area contributed by atoms with Crippen LogP contribution in [0, 0.1) is 0 Å². The van der Waals surface area contributed by atoms with Crippen LogP contribution in [0.3, 0.4) is 0 Å². The number of hydrogen-bond donors (Lipinski definition) is 1. The van der Waals surface area contributed by atoms with Crippen molar-refractivity contribution in [2.75, 3.05) is 6.54 Å². The highest BCUT2D eigenvalue weighted by atomic mass is 32.2. The van der Waals surface area contributed by atoms with E-state index >= 15 is 0 Å². The zero-order valence-corrected chi connectivity index (χ0v) is 22.4. The van der Waals surface area contributed by atoms with Gasteiger partial charge in [0.05, 0.1) is 34.7 Å². The summed E-state index contributed by atoms with van der Waals surface area (Å²) in [5.41, 5.74) is 3.21. The Balaban J connectivity index is 1.53. The molecule has 1 aromatic heterocycles. The first-order valence-corrected chi connectivity index (χ1v) is 14.1. The van der Waals surface area contributed by atoms with Crippen LogP contribution in [0.2, 0.25) is 0 Å². The third kappa shape index (κ3) is 4.91. The van der Waals surface area contributed by atoms with E-state index in [9.17, 15) is 18.3 Å². The summed E-state index contributed by atoms with van der Waals surface area (Å²) in [4.78, 5) is 11.8. The number of hydrogen-bond acceptors (Lipinski definition) is 5. The number of aromatic nitrogens is 2. The maximum Gasteiger partial charge on any atom is 0.309 e. The summed E-state index contributed by atoms with van der Waals surface area (Å²) in [6.07, 6.45) is 0.337. The molecule has 4 aromatic rings. The molecule has 1 N–H and O–H groups in total. The zero-order valence-electron chi connectivity index (χ0n) is 21.6.